The Kier molecular flexibility index (Phi) is 21.6. The van der Waals surface area contributed by atoms with Gasteiger partial charge in [0.1, 0.15) is 0 Å². The van der Waals surface area contributed by atoms with E-state index in [9.17, 15) is 9.90 Å². The molecule has 0 bridgehead atoms. The Labute approximate surface area is 184 Å². The van der Waals surface area contributed by atoms with Crippen molar-refractivity contribution in [3.63, 3.8) is 0 Å². The average molecular weight is 415 g/mol. The maximum Gasteiger partial charge on any atom is 0.305 e. The van der Waals surface area contributed by atoms with Crippen LogP contribution >= 0.6 is 0 Å². The van der Waals surface area contributed by atoms with E-state index in [0.717, 1.165) is 38.5 Å². The zero-order valence-electron chi connectivity index (χ0n) is 18.9. The third kappa shape index (κ3) is 24.0. The van der Waals surface area contributed by atoms with Crippen LogP contribution in [0, 0.1) is 11.8 Å². The van der Waals surface area contributed by atoms with E-state index in [-0.39, 0.29) is 6.42 Å². The molecule has 0 rings (SSSR count). The summed E-state index contributed by atoms with van der Waals surface area (Å²) in [5.74, 6) is 5.35. The molecule has 0 aromatic carbocycles. The Balaban J connectivity index is 3.47. The van der Waals surface area contributed by atoms with Crippen LogP contribution in [0.1, 0.15) is 96.8 Å². The van der Waals surface area contributed by atoms with Crippen molar-refractivity contribution in [1.82, 2.24) is 0 Å². The molecule has 0 aliphatic heterocycles. The van der Waals surface area contributed by atoms with E-state index < -0.39 is 12.1 Å². The predicted octanol–water partition coefficient (Wildman–Crippen LogP) is 7.14. The van der Waals surface area contributed by atoms with Crippen molar-refractivity contribution < 1.29 is 15.0 Å². The third-order valence-electron chi connectivity index (χ3n) is 4.66. The van der Waals surface area contributed by atoms with Crippen molar-refractivity contribution in [2.75, 3.05) is 0 Å². The number of rotatable bonds is 18. The van der Waals surface area contributed by atoms with Gasteiger partial charge in [0.25, 0.3) is 0 Å². The molecule has 0 aromatic rings. The molecule has 30 heavy (non-hydrogen) atoms. The maximum atomic E-state index is 10.5. The summed E-state index contributed by atoms with van der Waals surface area (Å²) >= 11 is 0. The van der Waals surface area contributed by atoms with E-state index in [1.165, 1.54) is 38.5 Å². The Morgan fingerprint density at radius 2 is 1.50 bits per heavy atom. The molecule has 0 aliphatic rings. The Bertz CT molecular complexity index is 573. The second-order valence-electron chi connectivity index (χ2n) is 7.61. The molecule has 0 heterocycles. The SMILES string of the molecule is CCCCC=CC=CCC=CC=CC#CCCCCCCCCCC(O)CC(=O)O. The van der Waals surface area contributed by atoms with Gasteiger partial charge in [0, 0.05) is 6.42 Å². The van der Waals surface area contributed by atoms with Crippen LogP contribution < -0.4 is 0 Å². The largest absolute Gasteiger partial charge is 0.481 e. The van der Waals surface area contributed by atoms with Crippen molar-refractivity contribution in [1.29, 1.82) is 0 Å². The quantitative estimate of drug-likeness (QED) is 0.142. The number of hydrogen-bond donors (Lipinski definition) is 2. The van der Waals surface area contributed by atoms with Gasteiger partial charge in [0.2, 0.25) is 0 Å². The minimum Gasteiger partial charge on any atom is -0.481 e. The summed E-state index contributed by atoms with van der Waals surface area (Å²) in [5.41, 5.74) is 0. The Morgan fingerprint density at radius 1 is 0.867 bits per heavy atom. The molecule has 3 nitrogen and oxygen atoms in total. The Hall–Kier alpha value is -2.05. The fourth-order valence-electron chi connectivity index (χ4n) is 2.91. The van der Waals surface area contributed by atoms with Crippen molar-refractivity contribution in [2.45, 2.75) is 103 Å². The Morgan fingerprint density at radius 3 is 2.20 bits per heavy atom. The van der Waals surface area contributed by atoms with Gasteiger partial charge in [-0.2, -0.15) is 0 Å². The highest BCUT2D eigenvalue weighted by Gasteiger charge is 2.08. The summed E-state index contributed by atoms with van der Waals surface area (Å²) in [5, 5.41) is 18.1. The molecular formula is C27H42O3. The first kappa shape index (κ1) is 27.9. The van der Waals surface area contributed by atoms with Crippen LogP contribution in [-0.4, -0.2) is 22.3 Å². The summed E-state index contributed by atoms with van der Waals surface area (Å²) in [6.07, 6.45) is 29.9. The van der Waals surface area contributed by atoms with Crippen molar-refractivity contribution in [3.8, 4) is 11.8 Å². The highest BCUT2D eigenvalue weighted by molar-refractivity contribution is 5.67. The molecule has 168 valence electrons. The van der Waals surface area contributed by atoms with Crippen LogP contribution in [0.3, 0.4) is 0 Å². The fourth-order valence-corrected chi connectivity index (χ4v) is 2.91. The number of allylic oxidation sites excluding steroid dienone is 8. The average Bonchev–Trinajstić information content (AvgIpc) is 2.71. The first-order valence-electron chi connectivity index (χ1n) is 11.7. The summed E-state index contributed by atoms with van der Waals surface area (Å²) in [4.78, 5) is 10.5. The zero-order valence-corrected chi connectivity index (χ0v) is 18.9. The standard InChI is InChI=1S/C27H42O3/c1-2-3-4-5-6-7-8-9-10-11-12-13-14-15-16-17-18-19-20-21-22-23-24-26(28)25-27(29)30/h5-8,10-13,26,28H,2-4,9,16-25H2,1H3,(H,29,30). The van der Waals surface area contributed by atoms with Gasteiger partial charge in [-0.05, 0) is 31.8 Å². The molecule has 0 spiro atoms. The lowest BCUT2D eigenvalue weighted by Crippen LogP contribution is -2.12. The van der Waals surface area contributed by atoms with Crippen LogP contribution in [-0.2, 0) is 4.79 Å². The van der Waals surface area contributed by atoms with E-state index in [1.54, 1.807) is 0 Å². The van der Waals surface area contributed by atoms with Crippen LogP contribution in [0.25, 0.3) is 0 Å². The van der Waals surface area contributed by atoms with Gasteiger partial charge in [-0.1, -0.05) is 113 Å². The maximum absolute atomic E-state index is 10.5. The fraction of sp³-hybridized carbons (Fsp3) is 0.593. The highest BCUT2D eigenvalue weighted by Crippen LogP contribution is 2.11. The third-order valence-corrected chi connectivity index (χ3v) is 4.66. The van der Waals surface area contributed by atoms with E-state index in [1.807, 2.05) is 18.2 Å². The number of aliphatic hydroxyl groups is 1. The van der Waals surface area contributed by atoms with Crippen molar-refractivity contribution in [3.05, 3.63) is 48.6 Å². The van der Waals surface area contributed by atoms with Gasteiger partial charge in [-0.3, -0.25) is 4.79 Å². The minimum absolute atomic E-state index is 0.138. The lowest BCUT2D eigenvalue weighted by atomic mass is 10.0. The smallest absolute Gasteiger partial charge is 0.305 e. The molecule has 1 atom stereocenters. The molecular weight excluding hydrogens is 372 g/mol. The van der Waals surface area contributed by atoms with Crippen molar-refractivity contribution >= 4 is 5.97 Å². The molecule has 0 saturated carbocycles. The normalized spacial score (nSPS) is 12.9. The number of unbranched alkanes of at least 4 members (excludes halogenated alkanes) is 9. The summed E-state index contributed by atoms with van der Waals surface area (Å²) in [6.45, 7) is 2.21. The number of aliphatic hydroxyl groups excluding tert-OH is 1. The molecule has 0 amide bonds. The zero-order chi connectivity index (χ0) is 22.1. The predicted molar refractivity (Wildman–Crippen MR) is 128 cm³/mol. The second kappa shape index (κ2) is 23.2. The van der Waals surface area contributed by atoms with Gasteiger partial charge in [0.15, 0.2) is 0 Å². The molecule has 0 saturated heterocycles. The summed E-state index contributed by atoms with van der Waals surface area (Å²) in [7, 11) is 0. The van der Waals surface area contributed by atoms with Crippen LogP contribution in [0.5, 0.6) is 0 Å². The molecule has 0 aliphatic carbocycles. The van der Waals surface area contributed by atoms with Gasteiger partial charge in [-0.15, -0.1) is 0 Å². The summed E-state index contributed by atoms with van der Waals surface area (Å²) < 4.78 is 0. The number of carboxylic acid groups (broad SMARTS) is 1. The molecule has 2 N–H and O–H groups in total. The first-order valence-corrected chi connectivity index (χ1v) is 11.7. The minimum atomic E-state index is -0.924. The number of hydrogen-bond acceptors (Lipinski definition) is 2. The molecule has 0 aromatic heterocycles. The topological polar surface area (TPSA) is 57.5 Å². The van der Waals surface area contributed by atoms with E-state index in [0.29, 0.717) is 6.42 Å². The summed E-state index contributed by atoms with van der Waals surface area (Å²) in [6, 6.07) is 0. The molecule has 3 heteroatoms. The lowest BCUT2D eigenvalue weighted by molar-refractivity contribution is -0.139. The lowest BCUT2D eigenvalue weighted by Gasteiger charge is -2.07. The highest BCUT2D eigenvalue weighted by atomic mass is 16.4. The second-order valence-corrected chi connectivity index (χ2v) is 7.61. The van der Waals surface area contributed by atoms with Gasteiger partial charge >= 0.3 is 5.97 Å². The van der Waals surface area contributed by atoms with E-state index in [4.69, 9.17) is 5.11 Å². The number of carbonyl (C=O) groups is 1. The van der Waals surface area contributed by atoms with E-state index in [2.05, 4.69) is 49.1 Å². The van der Waals surface area contributed by atoms with Gasteiger partial charge < -0.3 is 10.2 Å². The molecule has 0 fully saturated rings. The van der Waals surface area contributed by atoms with Gasteiger partial charge in [0.05, 0.1) is 12.5 Å². The van der Waals surface area contributed by atoms with Crippen LogP contribution in [0.4, 0.5) is 0 Å². The number of carboxylic acids is 1. The monoisotopic (exact) mass is 414 g/mol. The van der Waals surface area contributed by atoms with Crippen molar-refractivity contribution in [2.24, 2.45) is 0 Å². The van der Waals surface area contributed by atoms with Gasteiger partial charge in [-0.25, -0.2) is 0 Å². The van der Waals surface area contributed by atoms with E-state index >= 15 is 0 Å². The first-order chi connectivity index (χ1) is 14.7. The number of aliphatic carboxylic acids is 1. The van der Waals surface area contributed by atoms with Crippen LogP contribution in [0.15, 0.2) is 48.6 Å². The van der Waals surface area contributed by atoms with Crippen LogP contribution in [0.2, 0.25) is 0 Å². The molecule has 1 unspecified atom stereocenters. The molecule has 0 radical (unpaired) electrons.